The van der Waals surface area contributed by atoms with Crippen molar-refractivity contribution in [1.82, 2.24) is 10.6 Å². The van der Waals surface area contributed by atoms with Gasteiger partial charge in [-0.05, 0) is 19.3 Å². The normalized spacial score (nSPS) is 27.7. The molecule has 166 valence electrons. The van der Waals surface area contributed by atoms with Gasteiger partial charge in [-0.3, -0.25) is 4.79 Å². The molecule has 1 saturated heterocycles. The molecule has 7 nitrogen and oxygen atoms in total. The lowest BCUT2D eigenvalue weighted by atomic mass is 9.88. The Balaban J connectivity index is 2.97. The van der Waals surface area contributed by atoms with Crippen LogP contribution in [0.1, 0.15) is 66.2 Å². The van der Waals surface area contributed by atoms with E-state index in [9.17, 15) is 9.90 Å². The first kappa shape index (κ1) is 25.3. The van der Waals surface area contributed by atoms with Crippen molar-refractivity contribution in [2.24, 2.45) is 0 Å². The van der Waals surface area contributed by atoms with E-state index in [0.717, 1.165) is 38.5 Å². The fraction of sp³-hybridized carbons (Fsp3) is 0.952. The molecule has 0 bridgehead atoms. The van der Waals surface area contributed by atoms with Crippen LogP contribution in [0.2, 0.25) is 0 Å². The minimum atomic E-state index is -0.349. The van der Waals surface area contributed by atoms with E-state index in [1.807, 2.05) is 0 Å². The molecule has 0 radical (unpaired) electrons. The number of aliphatic hydroxyl groups excluding tert-OH is 1. The first-order chi connectivity index (χ1) is 13.6. The molecule has 1 aliphatic heterocycles. The number of hydrogen-bond donors (Lipinski definition) is 3. The Hall–Kier alpha value is -0.730. The van der Waals surface area contributed by atoms with E-state index in [1.54, 1.807) is 0 Å². The lowest BCUT2D eigenvalue weighted by Gasteiger charge is -2.47. The van der Waals surface area contributed by atoms with E-state index in [-0.39, 0.29) is 42.8 Å². The number of hydrogen-bond acceptors (Lipinski definition) is 6. The summed E-state index contributed by atoms with van der Waals surface area (Å²) in [5, 5.41) is 16.3. The maximum atomic E-state index is 11.8. The Kier molecular flexibility index (Phi) is 13.7. The van der Waals surface area contributed by atoms with Gasteiger partial charge in [0.05, 0.1) is 31.3 Å². The van der Waals surface area contributed by atoms with Gasteiger partial charge in [-0.2, -0.15) is 0 Å². The van der Waals surface area contributed by atoms with Crippen molar-refractivity contribution in [2.45, 2.75) is 96.6 Å². The van der Waals surface area contributed by atoms with Crippen molar-refractivity contribution in [2.75, 3.05) is 33.0 Å². The van der Waals surface area contributed by atoms with Crippen LogP contribution in [0, 0.1) is 0 Å². The number of amides is 1. The average molecular weight is 403 g/mol. The maximum Gasteiger partial charge on any atom is 0.217 e. The summed E-state index contributed by atoms with van der Waals surface area (Å²) in [6.45, 7) is 10.2. The van der Waals surface area contributed by atoms with Gasteiger partial charge in [-0.1, -0.05) is 40.0 Å². The molecule has 0 unspecified atom stereocenters. The summed E-state index contributed by atoms with van der Waals surface area (Å²) in [6, 6.07) is -0.748. The molecule has 0 aliphatic carbocycles. The quantitative estimate of drug-likeness (QED) is 0.363. The lowest BCUT2D eigenvalue weighted by molar-refractivity contribution is -0.145. The summed E-state index contributed by atoms with van der Waals surface area (Å²) in [5.74, 6) is -0.140. The van der Waals surface area contributed by atoms with Gasteiger partial charge in [0.2, 0.25) is 5.91 Å². The van der Waals surface area contributed by atoms with Crippen LogP contribution >= 0.6 is 0 Å². The Morgan fingerprint density at radius 1 is 0.929 bits per heavy atom. The molecular weight excluding hydrogens is 360 g/mol. The Labute approximate surface area is 170 Å². The predicted molar refractivity (Wildman–Crippen MR) is 110 cm³/mol. The van der Waals surface area contributed by atoms with Gasteiger partial charge in [0, 0.05) is 26.7 Å². The summed E-state index contributed by atoms with van der Waals surface area (Å²) in [6.07, 6.45) is 5.52. The second-order valence-corrected chi connectivity index (χ2v) is 7.59. The molecule has 1 rings (SSSR count). The van der Waals surface area contributed by atoms with E-state index >= 15 is 0 Å². The topological polar surface area (TPSA) is 89.1 Å². The third kappa shape index (κ3) is 8.74. The molecule has 1 fully saturated rings. The predicted octanol–water partition coefficient (Wildman–Crippen LogP) is 2.01. The number of unbranched alkanes of at least 4 members (excludes halogenated alkanes) is 3. The molecule has 3 N–H and O–H groups in total. The zero-order chi connectivity index (χ0) is 20.8. The van der Waals surface area contributed by atoms with Gasteiger partial charge in [-0.15, -0.1) is 0 Å². The summed E-state index contributed by atoms with van der Waals surface area (Å²) in [5.41, 5.74) is 0. The smallest absolute Gasteiger partial charge is 0.217 e. The van der Waals surface area contributed by atoms with Crippen LogP contribution in [0.5, 0.6) is 0 Å². The fourth-order valence-corrected chi connectivity index (χ4v) is 3.46. The van der Waals surface area contributed by atoms with Crippen LogP contribution in [0.3, 0.4) is 0 Å². The standard InChI is InChI=1S/C21H42N2O5/c1-5-8-11-26-15-18-20(27-12-9-6-2)21(28-13-10-7-3)19(22-16(4)25)17(14-24)23-18/h17-21,23-24H,5-15H2,1-4H3,(H,22,25)/t17-,18+,19-,20+,21+/m0/s1. The monoisotopic (exact) mass is 402 g/mol. The Morgan fingerprint density at radius 2 is 1.50 bits per heavy atom. The number of carbonyl (C=O) groups is 1. The minimum absolute atomic E-state index is 0.0915. The van der Waals surface area contributed by atoms with Gasteiger partial charge < -0.3 is 30.0 Å². The second-order valence-electron chi connectivity index (χ2n) is 7.59. The van der Waals surface area contributed by atoms with Crippen LogP contribution in [0.15, 0.2) is 0 Å². The number of rotatable bonds is 15. The van der Waals surface area contributed by atoms with Crippen molar-refractivity contribution < 1.29 is 24.1 Å². The molecule has 5 atom stereocenters. The molecule has 1 amide bonds. The molecule has 0 spiro atoms. The fourth-order valence-electron chi connectivity index (χ4n) is 3.46. The van der Waals surface area contributed by atoms with E-state index in [2.05, 4.69) is 31.4 Å². The summed E-state index contributed by atoms with van der Waals surface area (Å²) in [4.78, 5) is 11.8. The van der Waals surface area contributed by atoms with Gasteiger partial charge in [0.25, 0.3) is 0 Å². The van der Waals surface area contributed by atoms with Crippen molar-refractivity contribution in [3.63, 3.8) is 0 Å². The molecule has 7 heteroatoms. The molecule has 1 heterocycles. The highest BCUT2D eigenvalue weighted by Gasteiger charge is 2.46. The Bertz CT molecular complexity index is 410. The molecule has 28 heavy (non-hydrogen) atoms. The third-order valence-corrected chi connectivity index (χ3v) is 5.06. The number of carbonyl (C=O) groups excluding carboxylic acids is 1. The van der Waals surface area contributed by atoms with Crippen LogP contribution in [-0.4, -0.2) is 74.4 Å². The lowest BCUT2D eigenvalue weighted by Crippen LogP contribution is -2.72. The number of ether oxygens (including phenoxy) is 3. The highest BCUT2D eigenvalue weighted by atomic mass is 16.5. The van der Waals surface area contributed by atoms with E-state index in [4.69, 9.17) is 14.2 Å². The maximum absolute atomic E-state index is 11.8. The van der Waals surface area contributed by atoms with Crippen LogP contribution in [-0.2, 0) is 19.0 Å². The number of aliphatic hydroxyl groups is 1. The largest absolute Gasteiger partial charge is 0.395 e. The number of nitrogens with one attached hydrogen (secondary N) is 2. The molecule has 0 aromatic carbocycles. The van der Waals surface area contributed by atoms with Crippen molar-refractivity contribution in [1.29, 1.82) is 0 Å². The molecule has 0 aromatic rings. The van der Waals surface area contributed by atoms with Gasteiger partial charge >= 0.3 is 0 Å². The highest BCUT2D eigenvalue weighted by molar-refractivity contribution is 5.73. The first-order valence-electron chi connectivity index (χ1n) is 11.0. The van der Waals surface area contributed by atoms with Crippen molar-refractivity contribution in [3.8, 4) is 0 Å². The van der Waals surface area contributed by atoms with Crippen LogP contribution in [0.4, 0.5) is 0 Å². The molecule has 1 aliphatic rings. The van der Waals surface area contributed by atoms with E-state index in [1.165, 1.54) is 6.92 Å². The molecule has 0 aromatic heterocycles. The van der Waals surface area contributed by atoms with Crippen LogP contribution < -0.4 is 10.6 Å². The van der Waals surface area contributed by atoms with Gasteiger partial charge in [-0.25, -0.2) is 0 Å². The summed E-state index contributed by atoms with van der Waals surface area (Å²) < 4.78 is 18.3. The summed E-state index contributed by atoms with van der Waals surface area (Å²) in [7, 11) is 0. The SMILES string of the molecule is CCCCOC[C@H]1N[C@@H](CO)[C@H](NC(C)=O)[C@@H](OCCCC)[C@@H]1OCCCC. The van der Waals surface area contributed by atoms with E-state index < -0.39 is 0 Å². The average Bonchev–Trinajstić information content (AvgIpc) is 2.67. The molecule has 0 saturated carbocycles. The number of piperidine rings is 1. The minimum Gasteiger partial charge on any atom is -0.395 e. The van der Waals surface area contributed by atoms with Gasteiger partial charge in [0.15, 0.2) is 0 Å². The summed E-state index contributed by atoms with van der Waals surface area (Å²) >= 11 is 0. The Morgan fingerprint density at radius 3 is 2.04 bits per heavy atom. The van der Waals surface area contributed by atoms with Crippen molar-refractivity contribution >= 4 is 5.91 Å². The third-order valence-electron chi connectivity index (χ3n) is 5.06. The molecular formula is C21H42N2O5. The van der Waals surface area contributed by atoms with E-state index in [0.29, 0.717) is 26.4 Å². The van der Waals surface area contributed by atoms with Crippen LogP contribution in [0.25, 0.3) is 0 Å². The van der Waals surface area contributed by atoms with Gasteiger partial charge in [0.1, 0.15) is 12.2 Å². The zero-order valence-electron chi connectivity index (χ0n) is 18.2. The van der Waals surface area contributed by atoms with Crippen molar-refractivity contribution in [3.05, 3.63) is 0 Å². The highest BCUT2D eigenvalue weighted by Crippen LogP contribution is 2.23. The first-order valence-corrected chi connectivity index (χ1v) is 11.0. The second kappa shape index (κ2) is 15.2. The zero-order valence-corrected chi connectivity index (χ0v) is 18.2.